The highest BCUT2D eigenvalue weighted by atomic mass is 32.1. The van der Waals surface area contributed by atoms with Gasteiger partial charge >= 0.3 is 0 Å². The first-order valence-electron chi connectivity index (χ1n) is 7.59. The van der Waals surface area contributed by atoms with Crippen molar-refractivity contribution in [3.63, 3.8) is 0 Å². The number of rotatable bonds is 4. The Balaban J connectivity index is 1.84. The summed E-state index contributed by atoms with van der Waals surface area (Å²) in [5.41, 5.74) is 0.0508. The van der Waals surface area contributed by atoms with Crippen LogP contribution in [0.15, 0.2) is 0 Å². The van der Waals surface area contributed by atoms with Crippen LogP contribution in [0.3, 0.4) is 0 Å². The predicted octanol–water partition coefficient (Wildman–Crippen LogP) is 4.61. The third-order valence-corrected chi connectivity index (χ3v) is 4.61. The van der Waals surface area contributed by atoms with E-state index >= 15 is 0 Å². The van der Waals surface area contributed by atoms with Gasteiger partial charge in [-0.2, -0.15) is 4.37 Å². The summed E-state index contributed by atoms with van der Waals surface area (Å²) in [4.78, 5) is 4.63. The van der Waals surface area contributed by atoms with Gasteiger partial charge in [0, 0.05) is 23.0 Å². The van der Waals surface area contributed by atoms with Crippen molar-refractivity contribution in [3.8, 4) is 0 Å². The van der Waals surface area contributed by atoms with E-state index in [2.05, 4.69) is 42.4 Å². The molecule has 2 rings (SSSR count). The van der Waals surface area contributed by atoms with Gasteiger partial charge < -0.3 is 5.32 Å². The monoisotopic (exact) mass is 281 g/mol. The highest BCUT2D eigenvalue weighted by molar-refractivity contribution is 7.09. The minimum Gasteiger partial charge on any atom is -0.358 e. The van der Waals surface area contributed by atoms with Gasteiger partial charge in [-0.15, -0.1) is 0 Å². The molecule has 0 saturated heterocycles. The third kappa shape index (κ3) is 4.16. The van der Waals surface area contributed by atoms with Crippen molar-refractivity contribution in [1.82, 2.24) is 9.36 Å². The second kappa shape index (κ2) is 6.21. The molecule has 1 heterocycles. The molecule has 1 N–H and O–H groups in total. The van der Waals surface area contributed by atoms with Crippen LogP contribution in [0.25, 0.3) is 0 Å². The molecule has 4 heteroatoms. The molecule has 108 valence electrons. The van der Waals surface area contributed by atoms with E-state index in [-0.39, 0.29) is 5.41 Å². The van der Waals surface area contributed by atoms with E-state index in [0.29, 0.717) is 6.04 Å². The van der Waals surface area contributed by atoms with E-state index in [0.717, 1.165) is 16.9 Å². The maximum Gasteiger partial charge on any atom is 0.202 e. The number of hydrogen-bond acceptors (Lipinski definition) is 4. The van der Waals surface area contributed by atoms with Gasteiger partial charge in [0.25, 0.3) is 0 Å². The zero-order chi connectivity index (χ0) is 13.9. The lowest BCUT2D eigenvalue weighted by atomic mass is 9.83. The molecule has 1 aromatic rings. The van der Waals surface area contributed by atoms with Gasteiger partial charge in [-0.25, -0.2) is 4.98 Å². The van der Waals surface area contributed by atoms with Crippen LogP contribution < -0.4 is 5.32 Å². The first-order valence-corrected chi connectivity index (χ1v) is 8.37. The van der Waals surface area contributed by atoms with Crippen LogP contribution in [0.1, 0.15) is 72.0 Å². The summed E-state index contributed by atoms with van der Waals surface area (Å²) < 4.78 is 4.47. The van der Waals surface area contributed by atoms with Gasteiger partial charge in [0.2, 0.25) is 5.13 Å². The number of hydrogen-bond donors (Lipinski definition) is 1. The second-order valence-corrected chi connectivity index (χ2v) is 7.58. The lowest BCUT2D eigenvalue weighted by molar-refractivity contribution is 0.319. The molecule has 1 aromatic heterocycles. The van der Waals surface area contributed by atoms with Gasteiger partial charge in [0.15, 0.2) is 0 Å². The van der Waals surface area contributed by atoms with Crippen molar-refractivity contribution in [3.05, 3.63) is 5.82 Å². The van der Waals surface area contributed by atoms with Crippen molar-refractivity contribution in [1.29, 1.82) is 0 Å². The van der Waals surface area contributed by atoms with Crippen LogP contribution in [0.5, 0.6) is 0 Å². The smallest absolute Gasteiger partial charge is 0.202 e. The molecule has 19 heavy (non-hydrogen) atoms. The van der Waals surface area contributed by atoms with Crippen LogP contribution in [0.4, 0.5) is 5.13 Å². The lowest BCUT2D eigenvalue weighted by Crippen LogP contribution is -2.26. The Hall–Kier alpha value is -0.640. The molecule has 0 radical (unpaired) electrons. The maximum atomic E-state index is 4.63. The van der Waals surface area contributed by atoms with E-state index in [1.54, 1.807) is 0 Å². The van der Waals surface area contributed by atoms with Gasteiger partial charge in [-0.05, 0) is 31.6 Å². The summed E-state index contributed by atoms with van der Waals surface area (Å²) in [7, 11) is 0. The summed E-state index contributed by atoms with van der Waals surface area (Å²) in [5.74, 6) is 1.92. The summed E-state index contributed by atoms with van der Waals surface area (Å²) in [5, 5.41) is 4.58. The standard InChI is InChI=1S/C15H27N3S/c1-5-6-11-7-9-12(10-8-11)16-14-17-13(18-19-14)15(2,3)4/h11-12H,5-10H2,1-4H3,(H,16,17,18). The van der Waals surface area contributed by atoms with Crippen LogP contribution in [-0.4, -0.2) is 15.4 Å². The number of anilines is 1. The van der Waals surface area contributed by atoms with E-state index in [4.69, 9.17) is 0 Å². The minimum absolute atomic E-state index is 0.0508. The molecule has 0 amide bonds. The summed E-state index contributed by atoms with van der Waals surface area (Å²) in [6, 6.07) is 0.605. The number of nitrogens with zero attached hydrogens (tertiary/aromatic N) is 2. The third-order valence-electron chi connectivity index (χ3n) is 3.97. The molecule has 0 spiro atoms. The van der Waals surface area contributed by atoms with Gasteiger partial charge in [0.05, 0.1) is 0 Å². The van der Waals surface area contributed by atoms with Crippen LogP contribution in [0.2, 0.25) is 0 Å². The van der Waals surface area contributed by atoms with Crippen molar-refractivity contribution in [2.45, 2.75) is 77.7 Å². The van der Waals surface area contributed by atoms with Crippen LogP contribution >= 0.6 is 11.5 Å². The first-order chi connectivity index (χ1) is 8.99. The Kier molecular flexibility index (Phi) is 4.82. The van der Waals surface area contributed by atoms with Crippen molar-refractivity contribution in [2.75, 3.05) is 5.32 Å². The quantitative estimate of drug-likeness (QED) is 0.876. The first kappa shape index (κ1) is 14.8. The molecule has 0 aliphatic heterocycles. The fraction of sp³-hybridized carbons (Fsp3) is 0.867. The Labute approximate surface area is 121 Å². The Bertz CT molecular complexity index is 386. The number of nitrogens with one attached hydrogen (secondary N) is 1. The normalized spacial score (nSPS) is 24.4. The van der Waals surface area contributed by atoms with Crippen molar-refractivity contribution in [2.24, 2.45) is 5.92 Å². The molecule has 1 aliphatic carbocycles. The van der Waals surface area contributed by atoms with E-state index < -0.39 is 0 Å². The molecule has 0 unspecified atom stereocenters. The Morgan fingerprint density at radius 2 is 1.89 bits per heavy atom. The molecule has 0 aromatic carbocycles. The SMILES string of the molecule is CCCC1CCC(Nc2nc(C(C)(C)C)ns2)CC1. The van der Waals surface area contributed by atoms with Gasteiger partial charge in [0.1, 0.15) is 5.82 Å². The van der Waals surface area contributed by atoms with E-state index in [1.807, 2.05) is 0 Å². The van der Waals surface area contributed by atoms with Crippen molar-refractivity contribution >= 4 is 16.7 Å². The predicted molar refractivity (Wildman–Crippen MR) is 82.9 cm³/mol. The fourth-order valence-electron chi connectivity index (χ4n) is 2.77. The average Bonchev–Trinajstić information content (AvgIpc) is 2.80. The molecular formula is C15H27N3S. The molecule has 0 atom stereocenters. The zero-order valence-corrected chi connectivity index (χ0v) is 13.5. The summed E-state index contributed by atoms with van der Waals surface area (Å²) in [6.07, 6.45) is 8.05. The van der Waals surface area contributed by atoms with Gasteiger partial charge in [-0.1, -0.05) is 40.5 Å². The van der Waals surface area contributed by atoms with Crippen molar-refractivity contribution < 1.29 is 0 Å². The lowest BCUT2D eigenvalue weighted by Gasteiger charge is -2.28. The minimum atomic E-state index is 0.0508. The summed E-state index contributed by atoms with van der Waals surface area (Å²) in [6.45, 7) is 8.78. The second-order valence-electron chi connectivity index (χ2n) is 6.82. The highest BCUT2D eigenvalue weighted by Crippen LogP contribution is 2.30. The van der Waals surface area contributed by atoms with E-state index in [1.165, 1.54) is 50.1 Å². The topological polar surface area (TPSA) is 37.8 Å². The van der Waals surface area contributed by atoms with Gasteiger partial charge in [-0.3, -0.25) is 0 Å². The fourth-order valence-corrected chi connectivity index (χ4v) is 3.60. The molecule has 1 fully saturated rings. The maximum absolute atomic E-state index is 4.63. The summed E-state index contributed by atoms with van der Waals surface area (Å²) >= 11 is 1.51. The molecule has 1 aliphatic rings. The average molecular weight is 281 g/mol. The number of aromatic nitrogens is 2. The molecule has 0 bridgehead atoms. The zero-order valence-electron chi connectivity index (χ0n) is 12.7. The van der Waals surface area contributed by atoms with E-state index in [9.17, 15) is 0 Å². The van der Waals surface area contributed by atoms with Crippen LogP contribution in [-0.2, 0) is 5.41 Å². The molecular weight excluding hydrogens is 254 g/mol. The highest BCUT2D eigenvalue weighted by Gasteiger charge is 2.23. The largest absolute Gasteiger partial charge is 0.358 e. The molecule has 3 nitrogen and oxygen atoms in total. The molecule has 1 saturated carbocycles. The van der Waals surface area contributed by atoms with Crippen LogP contribution in [0, 0.1) is 5.92 Å². The Morgan fingerprint density at radius 1 is 1.21 bits per heavy atom. The Morgan fingerprint density at radius 3 is 2.42 bits per heavy atom.